The molecule has 0 aliphatic carbocycles. The molecule has 1 aromatic rings. The Morgan fingerprint density at radius 2 is 1.80 bits per heavy atom. The van der Waals surface area contributed by atoms with Gasteiger partial charge in [-0.3, -0.25) is 14.4 Å². The number of hydrogen-bond acceptors (Lipinski definition) is 4. The lowest BCUT2D eigenvalue weighted by atomic mass is 10.2. The van der Waals surface area contributed by atoms with Gasteiger partial charge >= 0.3 is 5.97 Å². The maximum atomic E-state index is 12.0. The van der Waals surface area contributed by atoms with Crippen LogP contribution in [0.3, 0.4) is 0 Å². The van der Waals surface area contributed by atoms with Crippen LogP contribution in [0.4, 0.5) is 0 Å². The van der Waals surface area contributed by atoms with Crippen LogP contribution < -0.4 is 0 Å². The van der Waals surface area contributed by atoms with Crippen molar-refractivity contribution in [3.8, 4) is 0 Å². The summed E-state index contributed by atoms with van der Waals surface area (Å²) in [5, 5.41) is 0. The molecule has 1 amide bonds. The van der Waals surface area contributed by atoms with Crippen molar-refractivity contribution >= 4 is 17.7 Å². The molecule has 1 rings (SSSR count). The Hall–Kier alpha value is -2.17. The smallest absolute Gasteiger partial charge is 0.307 e. The Morgan fingerprint density at radius 3 is 2.35 bits per heavy atom. The van der Waals surface area contributed by atoms with Crippen LogP contribution in [0.1, 0.15) is 25.3 Å². The number of esters is 1. The molecule has 0 aliphatic rings. The van der Waals surface area contributed by atoms with Gasteiger partial charge in [0, 0.05) is 13.1 Å². The second-order valence-electron chi connectivity index (χ2n) is 4.51. The van der Waals surface area contributed by atoms with Crippen LogP contribution in [0.2, 0.25) is 0 Å². The minimum absolute atomic E-state index is 0.118. The summed E-state index contributed by atoms with van der Waals surface area (Å²) in [5.74, 6) is -0.838. The van der Waals surface area contributed by atoms with Crippen LogP contribution in [-0.2, 0) is 25.7 Å². The standard InChI is InChI=1S/C15H19NO4/c1-12(17)10-14(18)16(9-8-15(19)20-2)11-13-6-4-3-5-7-13/h3-7H,8-11H2,1-2H3. The molecule has 0 heterocycles. The Bertz CT molecular complexity index is 470. The van der Waals surface area contributed by atoms with E-state index in [-0.39, 0.29) is 37.0 Å². The minimum atomic E-state index is -0.376. The second-order valence-corrected chi connectivity index (χ2v) is 4.51. The number of ether oxygens (including phenoxy) is 1. The molecule has 5 heteroatoms. The molecule has 0 aliphatic heterocycles. The predicted octanol–water partition coefficient (Wildman–Crippen LogP) is 1.56. The third kappa shape index (κ3) is 5.65. The average molecular weight is 277 g/mol. The van der Waals surface area contributed by atoms with Gasteiger partial charge in [-0.15, -0.1) is 0 Å². The fourth-order valence-corrected chi connectivity index (χ4v) is 1.75. The number of ketones is 1. The SMILES string of the molecule is COC(=O)CCN(Cc1ccccc1)C(=O)CC(C)=O. The Kier molecular flexibility index (Phi) is 6.43. The maximum absolute atomic E-state index is 12.0. The van der Waals surface area contributed by atoms with Crippen LogP contribution in [0.25, 0.3) is 0 Å². The average Bonchev–Trinajstić information content (AvgIpc) is 2.43. The number of benzene rings is 1. The van der Waals surface area contributed by atoms with Crippen LogP contribution >= 0.6 is 0 Å². The van der Waals surface area contributed by atoms with E-state index in [0.717, 1.165) is 5.56 Å². The molecule has 0 spiro atoms. The zero-order valence-corrected chi connectivity index (χ0v) is 11.8. The maximum Gasteiger partial charge on any atom is 0.307 e. The molecule has 0 fully saturated rings. The molecule has 0 saturated carbocycles. The molecule has 108 valence electrons. The van der Waals surface area contributed by atoms with Crippen LogP contribution in [0.15, 0.2) is 30.3 Å². The molecular weight excluding hydrogens is 258 g/mol. The van der Waals surface area contributed by atoms with Gasteiger partial charge in [0.1, 0.15) is 5.78 Å². The van der Waals surface area contributed by atoms with Gasteiger partial charge in [-0.05, 0) is 12.5 Å². The quantitative estimate of drug-likeness (QED) is 0.560. The molecular formula is C15H19NO4. The summed E-state index contributed by atoms with van der Waals surface area (Å²) in [6, 6.07) is 9.44. The Morgan fingerprint density at radius 1 is 1.15 bits per heavy atom. The van der Waals surface area contributed by atoms with Crippen LogP contribution in [-0.4, -0.2) is 36.2 Å². The normalized spacial score (nSPS) is 9.90. The summed E-state index contributed by atoms with van der Waals surface area (Å²) >= 11 is 0. The van der Waals surface area contributed by atoms with E-state index in [9.17, 15) is 14.4 Å². The lowest BCUT2D eigenvalue weighted by Crippen LogP contribution is -2.33. The van der Waals surface area contributed by atoms with Crippen molar-refractivity contribution in [3.05, 3.63) is 35.9 Å². The third-order valence-electron chi connectivity index (χ3n) is 2.78. The number of carbonyl (C=O) groups excluding carboxylic acids is 3. The molecule has 20 heavy (non-hydrogen) atoms. The van der Waals surface area contributed by atoms with Crippen molar-refractivity contribution in [3.63, 3.8) is 0 Å². The number of carbonyl (C=O) groups is 3. The van der Waals surface area contributed by atoms with Gasteiger partial charge in [-0.2, -0.15) is 0 Å². The highest BCUT2D eigenvalue weighted by atomic mass is 16.5. The van der Waals surface area contributed by atoms with E-state index < -0.39 is 0 Å². The van der Waals surface area contributed by atoms with Gasteiger partial charge in [0.2, 0.25) is 5.91 Å². The Labute approximate surface area is 118 Å². The fraction of sp³-hybridized carbons (Fsp3) is 0.400. The molecule has 0 aromatic heterocycles. The molecule has 0 unspecified atom stereocenters. The van der Waals surface area contributed by atoms with E-state index in [2.05, 4.69) is 4.74 Å². The first-order chi connectivity index (χ1) is 9.52. The van der Waals surface area contributed by atoms with Crippen molar-refractivity contribution in [2.24, 2.45) is 0 Å². The summed E-state index contributed by atoms with van der Waals surface area (Å²) in [5.41, 5.74) is 0.953. The van der Waals surface area contributed by atoms with E-state index in [1.54, 1.807) is 0 Å². The van der Waals surface area contributed by atoms with E-state index >= 15 is 0 Å². The van der Waals surface area contributed by atoms with Gasteiger partial charge < -0.3 is 9.64 Å². The Balaban J connectivity index is 2.70. The predicted molar refractivity (Wildman–Crippen MR) is 73.8 cm³/mol. The van der Waals surface area contributed by atoms with Gasteiger partial charge in [-0.25, -0.2) is 0 Å². The highest BCUT2D eigenvalue weighted by Crippen LogP contribution is 2.07. The number of hydrogen-bond donors (Lipinski definition) is 0. The summed E-state index contributed by atoms with van der Waals surface area (Å²) in [4.78, 5) is 35.8. The van der Waals surface area contributed by atoms with Crippen molar-refractivity contribution < 1.29 is 19.1 Å². The van der Waals surface area contributed by atoms with E-state index in [1.165, 1.54) is 18.9 Å². The van der Waals surface area contributed by atoms with Crippen molar-refractivity contribution in [2.45, 2.75) is 26.3 Å². The van der Waals surface area contributed by atoms with Crippen molar-refractivity contribution in [2.75, 3.05) is 13.7 Å². The first-order valence-corrected chi connectivity index (χ1v) is 6.41. The topological polar surface area (TPSA) is 63.7 Å². The number of rotatable bonds is 7. The highest BCUT2D eigenvalue weighted by molar-refractivity contribution is 5.96. The van der Waals surface area contributed by atoms with Crippen LogP contribution in [0.5, 0.6) is 0 Å². The van der Waals surface area contributed by atoms with Gasteiger partial charge in [0.05, 0.1) is 20.0 Å². The molecule has 0 saturated heterocycles. The van der Waals surface area contributed by atoms with E-state index in [4.69, 9.17) is 0 Å². The van der Waals surface area contributed by atoms with E-state index in [1.807, 2.05) is 30.3 Å². The number of nitrogens with zero attached hydrogens (tertiary/aromatic N) is 1. The fourth-order valence-electron chi connectivity index (χ4n) is 1.75. The first kappa shape index (κ1) is 15.9. The highest BCUT2D eigenvalue weighted by Gasteiger charge is 2.17. The molecule has 0 atom stereocenters. The largest absolute Gasteiger partial charge is 0.469 e. The zero-order chi connectivity index (χ0) is 15.0. The van der Waals surface area contributed by atoms with Crippen molar-refractivity contribution in [1.29, 1.82) is 0 Å². The summed E-state index contributed by atoms with van der Waals surface area (Å²) in [7, 11) is 1.31. The lowest BCUT2D eigenvalue weighted by molar-refractivity contribution is -0.142. The van der Waals surface area contributed by atoms with Gasteiger partial charge in [0.25, 0.3) is 0 Å². The lowest BCUT2D eigenvalue weighted by Gasteiger charge is -2.22. The first-order valence-electron chi connectivity index (χ1n) is 6.41. The van der Waals surface area contributed by atoms with Gasteiger partial charge in [0.15, 0.2) is 0 Å². The third-order valence-corrected chi connectivity index (χ3v) is 2.78. The summed E-state index contributed by atoms with van der Waals surface area (Å²) in [6.07, 6.45) is -0.0268. The number of Topliss-reactive ketones (excluding diaryl/α,β-unsaturated/α-hetero) is 1. The molecule has 1 aromatic carbocycles. The van der Waals surface area contributed by atoms with Gasteiger partial charge in [-0.1, -0.05) is 30.3 Å². The molecule has 0 bridgehead atoms. The summed E-state index contributed by atoms with van der Waals surface area (Å²) in [6.45, 7) is 2.00. The van der Waals surface area contributed by atoms with E-state index in [0.29, 0.717) is 6.54 Å². The molecule has 5 nitrogen and oxygen atoms in total. The monoisotopic (exact) mass is 277 g/mol. The van der Waals surface area contributed by atoms with Crippen LogP contribution in [0, 0.1) is 0 Å². The summed E-state index contributed by atoms with van der Waals surface area (Å²) < 4.78 is 4.57. The second kappa shape index (κ2) is 8.09. The van der Waals surface area contributed by atoms with Crippen molar-refractivity contribution in [1.82, 2.24) is 4.90 Å². The minimum Gasteiger partial charge on any atom is -0.469 e. The molecule has 0 N–H and O–H groups in total. The number of methoxy groups -OCH3 is 1. The number of amides is 1. The zero-order valence-electron chi connectivity index (χ0n) is 11.8. The molecule has 0 radical (unpaired) electrons.